The minimum absolute atomic E-state index is 0. The molecular formula is C23H32FIN4O2S. The van der Waals surface area contributed by atoms with E-state index in [2.05, 4.69) is 20.6 Å². The number of nitrogens with one attached hydrogen (secondary N) is 2. The molecule has 1 aliphatic carbocycles. The maximum absolute atomic E-state index is 14.5. The van der Waals surface area contributed by atoms with E-state index >= 15 is 0 Å². The van der Waals surface area contributed by atoms with Crippen molar-refractivity contribution in [2.24, 2.45) is 4.99 Å². The largest absolute Gasteiger partial charge is 0.453 e. The predicted octanol–water partition coefficient (Wildman–Crippen LogP) is 4.77. The van der Waals surface area contributed by atoms with Gasteiger partial charge in [-0.25, -0.2) is 9.38 Å². The van der Waals surface area contributed by atoms with E-state index < -0.39 is 16.6 Å². The summed E-state index contributed by atoms with van der Waals surface area (Å²) in [5, 5.41) is 6.98. The van der Waals surface area contributed by atoms with Gasteiger partial charge in [-0.2, -0.15) is 0 Å². The number of halogens is 2. The van der Waals surface area contributed by atoms with Gasteiger partial charge in [-0.05, 0) is 56.0 Å². The molecule has 1 aliphatic rings. The van der Waals surface area contributed by atoms with Crippen LogP contribution in [0.1, 0.15) is 45.1 Å². The van der Waals surface area contributed by atoms with Crippen LogP contribution in [0.5, 0.6) is 11.5 Å². The molecule has 0 aliphatic heterocycles. The first-order valence-corrected chi connectivity index (χ1v) is 12.3. The molecule has 0 radical (unpaired) electrons. The Bertz CT molecular complexity index is 901. The van der Waals surface area contributed by atoms with Crippen LogP contribution in [0.2, 0.25) is 0 Å². The van der Waals surface area contributed by atoms with E-state index in [0.717, 1.165) is 37.8 Å². The van der Waals surface area contributed by atoms with E-state index in [9.17, 15) is 8.60 Å². The minimum Gasteiger partial charge on any atom is -0.453 e. The first-order valence-electron chi connectivity index (χ1n) is 10.9. The summed E-state index contributed by atoms with van der Waals surface area (Å²) in [5.74, 6) is 1.61. The smallest absolute Gasteiger partial charge is 0.191 e. The van der Waals surface area contributed by atoms with Gasteiger partial charge >= 0.3 is 0 Å². The number of hydrogen-bond acceptors (Lipinski definition) is 4. The second-order valence-electron chi connectivity index (χ2n) is 7.55. The topological polar surface area (TPSA) is 75.6 Å². The van der Waals surface area contributed by atoms with Crippen molar-refractivity contribution in [2.45, 2.75) is 57.4 Å². The molecule has 0 spiro atoms. The quantitative estimate of drug-likeness (QED) is 0.270. The summed E-state index contributed by atoms with van der Waals surface area (Å²) in [6.07, 6.45) is 7.20. The Labute approximate surface area is 209 Å². The van der Waals surface area contributed by atoms with Crippen molar-refractivity contribution in [2.75, 3.05) is 12.3 Å². The molecule has 3 atom stereocenters. The number of aromatic nitrogens is 1. The first-order chi connectivity index (χ1) is 15.1. The van der Waals surface area contributed by atoms with Gasteiger partial charge in [0.2, 0.25) is 0 Å². The van der Waals surface area contributed by atoms with Crippen LogP contribution in [-0.4, -0.2) is 38.7 Å². The van der Waals surface area contributed by atoms with Crippen molar-refractivity contribution in [1.82, 2.24) is 15.6 Å². The average molecular weight is 575 g/mol. The van der Waals surface area contributed by atoms with Crippen molar-refractivity contribution in [1.29, 1.82) is 0 Å². The van der Waals surface area contributed by atoms with E-state index in [1.165, 1.54) is 12.3 Å². The Morgan fingerprint density at radius 2 is 2.16 bits per heavy atom. The van der Waals surface area contributed by atoms with Gasteiger partial charge in [-0.1, -0.05) is 19.4 Å². The number of hydrogen-bond donors (Lipinski definition) is 2. The lowest BCUT2D eigenvalue weighted by molar-refractivity contribution is 0.413. The molecule has 3 unspecified atom stereocenters. The Morgan fingerprint density at radius 1 is 1.31 bits per heavy atom. The predicted molar refractivity (Wildman–Crippen MR) is 139 cm³/mol. The van der Waals surface area contributed by atoms with Crippen LogP contribution >= 0.6 is 24.0 Å². The third-order valence-corrected chi connectivity index (χ3v) is 6.99. The number of nitrogens with zero attached hydrogens (tertiary/aromatic N) is 2. The van der Waals surface area contributed by atoms with Crippen molar-refractivity contribution in [3.05, 3.63) is 54.1 Å². The summed E-state index contributed by atoms with van der Waals surface area (Å²) in [5.41, 5.74) is 0.752. The summed E-state index contributed by atoms with van der Waals surface area (Å²) in [6.45, 7) is 5.06. The molecule has 0 saturated heterocycles. The Hall–Kier alpha value is -1.75. The van der Waals surface area contributed by atoms with E-state index in [1.54, 1.807) is 24.4 Å². The van der Waals surface area contributed by atoms with E-state index in [0.29, 0.717) is 24.0 Å². The maximum Gasteiger partial charge on any atom is 0.191 e. The van der Waals surface area contributed by atoms with E-state index in [4.69, 9.17) is 4.74 Å². The summed E-state index contributed by atoms with van der Waals surface area (Å²) in [6, 6.07) is 8.58. The fourth-order valence-corrected chi connectivity index (χ4v) is 5.04. The van der Waals surface area contributed by atoms with Crippen LogP contribution in [0, 0.1) is 5.82 Å². The number of benzene rings is 1. The molecule has 0 amide bonds. The Balaban J connectivity index is 0.00000363. The maximum atomic E-state index is 14.5. The molecule has 0 bridgehead atoms. The molecule has 1 fully saturated rings. The van der Waals surface area contributed by atoms with Crippen LogP contribution in [0.3, 0.4) is 0 Å². The van der Waals surface area contributed by atoms with Crippen LogP contribution in [0.15, 0.2) is 47.7 Å². The molecule has 1 aromatic heterocycles. The van der Waals surface area contributed by atoms with E-state index in [-0.39, 0.29) is 41.0 Å². The van der Waals surface area contributed by atoms with Crippen molar-refractivity contribution >= 4 is 40.7 Å². The molecule has 176 valence electrons. The highest BCUT2D eigenvalue weighted by atomic mass is 127. The zero-order chi connectivity index (χ0) is 22.1. The normalized spacial score (nSPS) is 19.5. The highest BCUT2D eigenvalue weighted by Crippen LogP contribution is 2.25. The van der Waals surface area contributed by atoms with Crippen LogP contribution < -0.4 is 15.4 Å². The average Bonchev–Trinajstić information content (AvgIpc) is 2.79. The number of aliphatic imine (C=N–C) groups is 1. The van der Waals surface area contributed by atoms with E-state index in [1.807, 2.05) is 19.9 Å². The molecular weight excluding hydrogens is 542 g/mol. The summed E-state index contributed by atoms with van der Waals surface area (Å²) < 4.78 is 32.2. The molecule has 1 heterocycles. The van der Waals surface area contributed by atoms with Gasteiger partial charge in [-0.15, -0.1) is 24.0 Å². The number of guanidine groups is 1. The summed E-state index contributed by atoms with van der Waals surface area (Å²) >= 11 is 0. The highest BCUT2D eigenvalue weighted by molar-refractivity contribution is 14.0. The molecule has 1 aromatic carbocycles. The molecule has 2 N–H and O–H groups in total. The monoisotopic (exact) mass is 574 g/mol. The second-order valence-corrected chi connectivity index (χ2v) is 9.56. The number of rotatable bonds is 8. The Kier molecular flexibility index (Phi) is 11.4. The van der Waals surface area contributed by atoms with Crippen LogP contribution in [0.25, 0.3) is 0 Å². The number of ether oxygens (including phenoxy) is 1. The SMILES string of the molecule is CCNC(=NCc1ccc(Oc2cccnc2)c(F)c1)NC1CCCC(S(=O)CC)C1.I. The Morgan fingerprint density at radius 3 is 2.84 bits per heavy atom. The highest BCUT2D eigenvalue weighted by Gasteiger charge is 2.26. The number of pyridine rings is 1. The fraction of sp³-hybridized carbons (Fsp3) is 0.478. The minimum atomic E-state index is -0.764. The zero-order valence-corrected chi connectivity index (χ0v) is 21.7. The molecule has 1 saturated carbocycles. The van der Waals surface area contributed by atoms with Crippen LogP contribution in [0.4, 0.5) is 4.39 Å². The molecule has 3 rings (SSSR count). The standard InChI is InChI=1S/C23H31FN4O2S.HI/c1-3-26-23(28-18-7-5-9-20(14-18)31(29)4-2)27-15-17-10-11-22(21(24)13-17)30-19-8-6-12-25-16-19;/h6,8,10-13,16,18,20H,3-5,7,9,14-15H2,1-2H3,(H2,26,27,28);1H. The zero-order valence-electron chi connectivity index (χ0n) is 18.6. The molecule has 32 heavy (non-hydrogen) atoms. The third kappa shape index (κ3) is 7.99. The summed E-state index contributed by atoms with van der Waals surface area (Å²) in [4.78, 5) is 8.59. The lowest BCUT2D eigenvalue weighted by Gasteiger charge is -2.30. The van der Waals surface area contributed by atoms with Gasteiger partial charge in [-0.3, -0.25) is 9.19 Å². The van der Waals surface area contributed by atoms with Crippen molar-refractivity contribution < 1.29 is 13.3 Å². The first kappa shape index (κ1) is 26.5. The molecule has 9 heteroatoms. The lowest BCUT2D eigenvalue weighted by Crippen LogP contribution is -2.46. The van der Waals surface area contributed by atoms with Gasteiger partial charge in [0.25, 0.3) is 0 Å². The lowest BCUT2D eigenvalue weighted by atomic mass is 9.95. The van der Waals surface area contributed by atoms with Crippen molar-refractivity contribution in [3.8, 4) is 11.5 Å². The fourth-order valence-electron chi connectivity index (χ4n) is 3.69. The van der Waals surface area contributed by atoms with Crippen molar-refractivity contribution in [3.63, 3.8) is 0 Å². The van der Waals surface area contributed by atoms with Gasteiger partial charge < -0.3 is 15.4 Å². The third-order valence-electron chi connectivity index (χ3n) is 5.25. The molecule has 2 aromatic rings. The van der Waals surface area contributed by atoms with Gasteiger partial charge in [0.15, 0.2) is 17.5 Å². The summed E-state index contributed by atoms with van der Waals surface area (Å²) in [7, 11) is -0.764. The van der Waals surface area contributed by atoms with Gasteiger partial charge in [0, 0.05) is 40.6 Å². The van der Waals surface area contributed by atoms with Gasteiger partial charge in [0.1, 0.15) is 5.75 Å². The van der Waals surface area contributed by atoms with Crippen LogP contribution in [-0.2, 0) is 17.3 Å². The van der Waals surface area contributed by atoms with Gasteiger partial charge in [0.05, 0.1) is 12.7 Å². The second kappa shape index (κ2) is 13.7. The molecule has 6 nitrogen and oxygen atoms in total.